The van der Waals surface area contributed by atoms with E-state index in [2.05, 4.69) is 57.2 Å². The average molecular weight is 411 g/mol. The number of carbonyl (C=O) groups excluding carboxylic acids is 1. The largest absolute Gasteiger partial charge is 0.303 e. The Hall–Kier alpha value is -1.65. The van der Waals surface area contributed by atoms with E-state index in [9.17, 15) is 4.79 Å². The Balaban J connectivity index is 1.39. The van der Waals surface area contributed by atoms with Crippen LogP contribution >= 0.6 is 15.9 Å². The SMILES string of the molecule is O=C(CC1CN2CCC1CC2)N1c2ccc(-c3ccccc3)c1c2CBr. The fourth-order valence-corrected chi connectivity index (χ4v) is 5.59. The summed E-state index contributed by atoms with van der Waals surface area (Å²) in [4.78, 5) is 17.7. The molecule has 0 aliphatic carbocycles. The number of hydrogen-bond donors (Lipinski definition) is 0. The van der Waals surface area contributed by atoms with Gasteiger partial charge < -0.3 is 4.90 Å². The summed E-state index contributed by atoms with van der Waals surface area (Å²) in [7, 11) is 0. The third-order valence-electron chi connectivity index (χ3n) is 6.42. The monoisotopic (exact) mass is 410 g/mol. The van der Waals surface area contributed by atoms with Gasteiger partial charge in [-0.3, -0.25) is 9.69 Å². The number of halogens is 1. The van der Waals surface area contributed by atoms with Crippen LogP contribution in [-0.2, 0) is 4.79 Å². The Bertz CT molecular complexity index is 831. The van der Waals surface area contributed by atoms with Gasteiger partial charge in [-0.25, -0.2) is 0 Å². The van der Waals surface area contributed by atoms with Crippen molar-refractivity contribution in [1.82, 2.24) is 9.80 Å². The molecule has 1 aromatic rings. The Labute approximate surface area is 163 Å². The zero-order chi connectivity index (χ0) is 17.7. The van der Waals surface area contributed by atoms with Gasteiger partial charge in [-0.1, -0.05) is 52.3 Å². The highest BCUT2D eigenvalue weighted by Crippen LogP contribution is 2.48. The molecule has 6 rings (SSSR count). The predicted octanol–water partition coefficient (Wildman–Crippen LogP) is 4.19. The second-order valence-corrected chi connectivity index (χ2v) is 8.35. The molecule has 3 fully saturated rings. The standard InChI is InChI=1S/C22H23BrN2O/c23-13-19-20-7-6-18(16-4-2-1-3-5-16)22(19)25(20)21(26)12-17-14-24-10-8-15(17)9-11-24/h1-7,15,17H,8-14H2. The summed E-state index contributed by atoms with van der Waals surface area (Å²) < 4.78 is 0. The minimum atomic E-state index is 0.274. The molecule has 3 nitrogen and oxygen atoms in total. The molecule has 0 radical (unpaired) electrons. The lowest BCUT2D eigenvalue weighted by molar-refractivity contribution is -0.130. The third-order valence-corrected chi connectivity index (χ3v) is 6.98. The van der Waals surface area contributed by atoms with E-state index in [1.54, 1.807) is 0 Å². The lowest BCUT2D eigenvalue weighted by Crippen LogP contribution is -2.50. The van der Waals surface area contributed by atoms with Crippen molar-refractivity contribution in [3.8, 4) is 0 Å². The van der Waals surface area contributed by atoms with Crippen molar-refractivity contribution in [3.63, 3.8) is 0 Å². The lowest BCUT2D eigenvalue weighted by atomic mass is 9.76. The van der Waals surface area contributed by atoms with Crippen molar-refractivity contribution in [1.29, 1.82) is 0 Å². The van der Waals surface area contributed by atoms with Crippen molar-refractivity contribution in [3.05, 3.63) is 65.0 Å². The second-order valence-electron chi connectivity index (χ2n) is 7.79. The highest BCUT2D eigenvalue weighted by molar-refractivity contribution is 9.09. The van der Waals surface area contributed by atoms with Gasteiger partial charge in [0.2, 0.25) is 5.91 Å². The van der Waals surface area contributed by atoms with Gasteiger partial charge in [0.25, 0.3) is 0 Å². The number of rotatable bonds is 4. The van der Waals surface area contributed by atoms with Crippen LogP contribution in [0.25, 0.3) is 5.57 Å². The molecule has 0 N–H and O–H groups in total. The number of benzene rings is 1. The van der Waals surface area contributed by atoms with E-state index >= 15 is 0 Å². The van der Waals surface area contributed by atoms with E-state index in [-0.39, 0.29) is 5.91 Å². The smallest absolute Gasteiger partial charge is 0.231 e. The molecule has 4 heteroatoms. The van der Waals surface area contributed by atoms with Gasteiger partial charge in [-0.2, -0.15) is 0 Å². The molecule has 1 amide bonds. The van der Waals surface area contributed by atoms with Gasteiger partial charge in [0.1, 0.15) is 0 Å². The zero-order valence-corrected chi connectivity index (χ0v) is 16.4. The van der Waals surface area contributed by atoms with Crippen LogP contribution in [0.2, 0.25) is 0 Å². The summed E-state index contributed by atoms with van der Waals surface area (Å²) in [5.74, 6) is 1.55. The van der Waals surface area contributed by atoms with E-state index in [0.717, 1.165) is 34.8 Å². The first-order valence-corrected chi connectivity index (χ1v) is 10.7. The first kappa shape index (κ1) is 16.5. The number of hydrogen-bond acceptors (Lipinski definition) is 2. The van der Waals surface area contributed by atoms with Crippen molar-refractivity contribution >= 4 is 27.4 Å². The van der Waals surface area contributed by atoms with Crippen LogP contribution in [0.3, 0.4) is 0 Å². The molecule has 0 aromatic heterocycles. The number of piperidine rings is 3. The van der Waals surface area contributed by atoms with E-state index in [4.69, 9.17) is 0 Å². The molecule has 0 saturated carbocycles. The molecule has 3 saturated heterocycles. The first-order valence-electron chi connectivity index (χ1n) is 9.59. The summed E-state index contributed by atoms with van der Waals surface area (Å²) in [5.41, 5.74) is 5.79. The third kappa shape index (κ3) is 2.54. The predicted molar refractivity (Wildman–Crippen MR) is 107 cm³/mol. The molecule has 5 aliphatic rings. The van der Waals surface area contributed by atoms with Crippen LogP contribution in [0.5, 0.6) is 0 Å². The fraction of sp³-hybridized carbons (Fsp3) is 0.409. The summed E-state index contributed by atoms with van der Waals surface area (Å²) >= 11 is 3.61. The van der Waals surface area contributed by atoms with Crippen molar-refractivity contribution in [2.45, 2.75) is 19.3 Å². The number of amides is 1. The van der Waals surface area contributed by atoms with Gasteiger partial charge in [-0.05, 0) is 49.4 Å². The molecule has 1 unspecified atom stereocenters. The van der Waals surface area contributed by atoms with Crippen LogP contribution in [0.4, 0.5) is 0 Å². The molecule has 5 aliphatic heterocycles. The van der Waals surface area contributed by atoms with Crippen LogP contribution in [-0.4, -0.2) is 40.7 Å². The number of nitrogens with zero attached hydrogens (tertiary/aromatic N) is 2. The normalized spacial score (nSPS) is 29.3. The summed E-state index contributed by atoms with van der Waals surface area (Å²) in [5, 5.41) is 0.794. The summed E-state index contributed by atoms with van der Waals surface area (Å²) in [6, 6.07) is 10.4. The minimum Gasteiger partial charge on any atom is -0.303 e. The maximum Gasteiger partial charge on any atom is 0.231 e. The van der Waals surface area contributed by atoms with Crippen molar-refractivity contribution in [2.24, 2.45) is 11.8 Å². The number of fused-ring (bicyclic) bond motifs is 5. The Kier molecular flexibility index (Phi) is 4.13. The lowest BCUT2D eigenvalue weighted by Gasteiger charge is -2.47. The second kappa shape index (κ2) is 6.50. The zero-order valence-electron chi connectivity index (χ0n) is 14.8. The maximum absolute atomic E-state index is 13.2. The highest BCUT2D eigenvalue weighted by Gasteiger charge is 2.42. The molecule has 1 atom stereocenters. The highest BCUT2D eigenvalue weighted by atomic mass is 79.9. The van der Waals surface area contributed by atoms with E-state index in [1.807, 2.05) is 11.0 Å². The molecule has 5 heterocycles. The average Bonchev–Trinajstić information content (AvgIpc) is 2.70. The van der Waals surface area contributed by atoms with Crippen LogP contribution < -0.4 is 0 Å². The van der Waals surface area contributed by atoms with Gasteiger partial charge in [0, 0.05) is 29.4 Å². The molecular weight excluding hydrogens is 388 g/mol. The van der Waals surface area contributed by atoms with E-state index < -0.39 is 0 Å². The molecule has 0 spiro atoms. The topological polar surface area (TPSA) is 23.6 Å². The van der Waals surface area contributed by atoms with Gasteiger partial charge in [0.15, 0.2) is 0 Å². The van der Waals surface area contributed by atoms with Crippen LogP contribution in [0, 0.1) is 11.8 Å². The number of carbonyl (C=O) groups is 1. The van der Waals surface area contributed by atoms with Crippen molar-refractivity contribution in [2.75, 3.05) is 25.0 Å². The Morgan fingerprint density at radius 2 is 1.88 bits per heavy atom. The van der Waals surface area contributed by atoms with Crippen molar-refractivity contribution < 1.29 is 4.79 Å². The number of allylic oxidation sites excluding steroid dienone is 4. The molecule has 26 heavy (non-hydrogen) atoms. The number of alkyl halides is 1. The van der Waals surface area contributed by atoms with Gasteiger partial charge in [0.05, 0.1) is 11.4 Å². The van der Waals surface area contributed by atoms with Gasteiger partial charge >= 0.3 is 0 Å². The molecule has 1 aromatic carbocycles. The fourth-order valence-electron chi connectivity index (χ4n) is 5.03. The Morgan fingerprint density at radius 3 is 2.54 bits per heavy atom. The first-order chi connectivity index (χ1) is 12.8. The molecule has 134 valence electrons. The van der Waals surface area contributed by atoms with E-state index in [0.29, 0.717) is 12.3 Å². The molecular formula is C22H23BrN2O. The summed E-state index contributed by atoms with van der Waals surface area (Å²) in [6.07, 6.45) is 7.49. The van der Waals surface area contributed by atoms with Gasteiger partial charge in [-0.15, -0.1) is 0 Å². The van der Waals surface area contributed by atoms with E-state index in [1.165, 1.54) is 37.1 Å². The van der Waals surface area contributed by atoms with Crippen LogP contribution in [0.1, 0.15) is 24.8 Å². The minimum absolute atomic E-state index is 0.274. The molecule has 4 bridgehead atoms. The van der Waals surface area contributed by atoms with Crippen LogP contribution in [0.15, 0.2) is 59.5 Å². The maximum atomic E-state index is 13.2. The quantitative estimate of drug-likeness (QED) is 0.694. The Morgan fingerprint density at radius 1 is 1.12 bits per heavy atom. The summed E-state index contributed by atoms with van der Waals surface area (Å²) in [6.45, 7) is 3.56.